The minimum Gasteiger partial charge on any atom is -0.450 e. The summed E-state index contributed by atoms with van der Waals surface area (Å²) in [6, 6.07) is 11.6. The number of benzene rings is 1. The zero-order valence-corrected chi connectivity index (χ0v) is 9.92. The zero-order valence-electron chi connectivity index (χ0n) is 9.92. The van der Waals surface area contributed by atoms with E-state index in [9.17, 15) is 9.41 Å². The van der Waals surface area contributed by atoms with Crippen LogP contribution in [0.25, 0.3) is 22.3 Å². The molecular weight excluding hydrogens is 242 g/mol. The fourth-order valence-corrected chi connectivity index (χ4v) is 2.00. The van der Waals surface area contributed by atoms with Gasteiger partial charge < -0.3 is 5.02 Å². The lowest BCUT2D eigenvalue weighted by molar-refractivity contribution is 0.615. The predicted octanol–water partition coefficient (Wildman–Crippen LogP) is 1.67. The number of fused-ring (bicyclic) bond motifs is 1. The van der Waals surface area contributed by atoms with Gasteiger partial charge in [-0.05, 0) is 29.7 Å². The van der Waals surface area contributed by atoms with Gasteiger partial charge in [0.05, 0.1) is 5.69 Å². The van der Waals surface area contributed by atoms with Crippen molar-refractivity contribution in [1.29, 1.82) is 0 Å². The highest BCUT2D eigenvalue weighted by atomic mass is 19.1. The lowest BCUT2D eigenvalue weighted by Gasteiger charge is -2.07. The summed E-state index contributed by atoms with van der Waals surface area (Å²) in [6.07, 6.45) is 1.61. The minimum absolute atomic E-state index is 0.353. The van der Waals surface area contributed by atoms with Crippen molar-refractivity contribution < 1.29 is 9.41 Å². The van der Waals surface area contributed by atoms with E-state index < -0.39 is 0 Å². The normalized spacial score (nSPS) is 10.6. The first-order valence-electron chi connectivity index (χ1n) is 5.77. The Bertz CT molecular complexity index is 748. The van der Waals surface area contributed by atoms with Gasteiger partial charge in [0.1, 0.15) is 5.82 Å². The molecule has 0 atom stereocenters. The highest BCUT2D eigenvalue weighted by molar-refractivity contribution is 6.50. The third-order valence-electron chi connectivity index (χ3n) is 2.91. The summed E-state index contributed by atoms with van der Waals surface area (Å²) < 4.78 is 13.8. The molecule has 0 bridgehead atoms. The summed E-state index contributed by atoms with van der Waals surface area (Å²) in [7, 11) is 0.982. The van der Waals surface area contributed by atoms with E-state index >= 15 is 0 Å². The second kappa shape index (κ2) is 4.78. The minimum atomic E-state index is -0.353. The van der Waals surface area contributed by atoms with Crippen molar-refractivity contribution in [2.45, 2.75) is 0 Å². The molecule has 1 aromatic carbocycles. The highest BCUT2D eigenvalue weighted by Crippen LogP contribution is 2.21. The third-order valence-corrected chi connectivity index (χ3v) is 2.91. The molecule has 0 spiro atoms. The highest BCUT2D eigenvalue weighted by Gasteiger charge is 2.11. The standard InChI is InChI=1S/C14H9BFN2O/c16-12-6-2-1-4-10(12)13-8-11(15-19)9-5-3-7-17-14(9)18-13/h1-8,19H. The Labute approximate surface area is 110 Å². The average molecular weight is 251 g/mol. The maximum Gasteiger partial charge on any atom is 0.327 e. The molecule has 19 heavy (non-hydrogen) atoms. The lowest BCUT2D eigenvalue weighted by Crippen LogP contribution is -2.16. The van der Waals surface area contributed by atoms with E-state index in [1.165, 1.54) is 6.07 Å². The van der Waals surface area contributed by atoms with Crippen molar-refractivity contribution in [3.05, 3.63) is 54.5 Å². The van der Waals surface area contributed by atoms with Crippen LogP contribution in [0.1, 0.15) is 0 Å². The Morgan fingerprint density at radius 2 is 1.95 bits per heavy atom. The molecule has 2 heterocycles. The summed E-state index contributed by atoms with van der Waals surface area (Å²) in [5.74, 6) is -0.353. The second-order valence-corrected chi connectivity index (χ2v) is 4.08. The van der Waals surface area contributed by atoms with Crippen molar-refractivity contribution in [3.8, 4) is 11.3 Å². The maximum atomic E-state index is 13.8. The fraction of sp³-hybridized carbons (Fsp3) is 0. The Hall–Kier alpha value is -2.27. The van der Waals surface area contributed by atoms with Crippen LogP contribution in [0.2, 0.25) is 0 Å². The van der Waals surface area contributed by atoms with Gasteiger partial charge >= 0.3 is 7.48 Å². The molecule has 91 valence electrons. The van der Waals surface area contributed by atoms with Gasteiger partial charge in [-0.25, -0.2) is 14.4 Å². The van der Waals surface area contributed by atoms with Crippen molar-refractivity contribution in [2.24, 2.45) is 0 Å². The van der Waals surface area contributed by atoms with Crippen LogP contribution >= 0.6 is 0 Å². The van der Waals surface area contributed by atoms with Crippen LogP contribution in [-0.2, 0) is 0 Å². The molecule has 0 saturated heterocycles. The van der Waals surface area contributed by atoms with Crippen LogP contribution in [0.4, 0.5) is 4.39 Å². The number of hydrogen-bond acceptors (Lipinski definition) is 3. The predicted molar refractivity (Wildman–Crippen MR) is 72.5 cm³/mol. The number of rotatable bonds is 2. The number of aromatic nitrogens is 2. The van der Waals surface area contributed by atoms with Crippen molar-refractivity contribution in [2.75, 3.05) is 0 Å². The maximum absolute atomic E-state index is 13.8. The summed E-state index contributed by atoms with van der Waals surface area (Å²) >= 11 is 0. The molecule has 2 aromatic heterocycles. The Kier molecular flexibility index (Phi) is 2.97. The largest absolute Gasteiger partial charge is 0.450 e. The van der Waals surface area contributed by atoms with Gasteiger partial charge in [0, 0.05) is 17.1 Å². The molecule has 1 radical (unpaired) electrons. The van der Waals surface area contributed by atoms with Crippen LogP contribution in [0.5, 0.6) is 0 Å². The molecule has 3 nitrogen and oxygen atoms in total. The molecule has 0 aliphatic rings. The molecule has 3 aromatic rings. The lowest BCUT2D eigenvalue weighted by atomic mass is 9.85. The topological polar surface area (TPSA) is 46.0 Å². The van der Waals surface area contributed by atoms with Crippen molar-refractivity contribution in [3.63, 3.8) is 0 Å². The van der Waals surface area contributed by atoms with E-state index in [0.29, 0.717) is 22.4 Å². The van der Waals surface area contributed by atoms with Crippen LogP contribution in [0.15, 0.2) is 48.7 Å². The summed E-state index contributed by atoms with van der Waals surface area (Å²) in [5.41, 5.74) is 1.88. The number of halogens is 1. The van der Waals surface area contributed by atoms with Gasteiger partial charge in [0.15, 0.2) is 5.65 Å². The quantitative estimate of drug-likeness (QED) is 0.704. The van der Waals surface area contributed by atoms with Gasteiger partial charge in [0.25, 0.3) is 0 Å². The van der Waals surface area contributed by atoms with E-state index in [-0.39, 0.29) is 5.82 Å². The molecule has 0 unspecified atom stereocenters. The second-order valence-electron chi connectivity index (χ2n) is 4.08. The monoisotopic (exact) mass is 251 g/mol. The Morgan fingerprint density at radius 1 is 1.11 bits per heavy atom. The van der Waals surface area contributed by atoms with E-state index in [2.05, 4.69) is 9.97 Å². The molecule has 0 aliphatic carbocycles. The van der Waals surface area contributed by atoms with Crippen LogP contribution in [0, 0.1) is 5.82 Å². The van der Waals surface area contributed by atoms with Crippen molar-refractivity contribution >= 4 is 24.0 Å². The first-order valence-corrected chi connectivity index (χ1v) is 5.77. The molecule has 0 amide bonds. The van der Waals surface area contributed by atoms with Gasteiger partial charge in [-0.1, -0.05) is 18.2 Å². The van der Waals surface area contributed by atoms with Crippen molar-refractivity contribution in [1.82, 2.24) is 9.97 Å². The van der Waals surface area contributed by atoms with Gasteiger partial charge in [-0.2, -0.15) is 0 Å². The first-order chi connectivity index (χ1) is 9.29. The van der Waals surface area contributed by atoms with Crippen LogP contribution in [0.3, 0.4) is 0 Å². The molecule has 0 saturated carbocycles. The Morgan fingerprint density at radius 3 is 2.74 bits per heavy atom. The van der Waals surface area contributed by atoms with Crippen LogP contribution < -0.4 is 5.46 Å². The van der Waals surface area contributed by atoms with Gasteiger partial charge in [-0.3, -0.25) is 0 Å². The summed E-state index contributed by atoms with van der Waals surface area (Å²) in [4.78, 5) is 8.47. The van der Waals surface area contributed by atoms with E-state index in [1.807, 2.05) is 6.07 Å². The van der Waals surface area contributed by atoms with Crippen LogP contribution in [-0.4, -0.2) is 22.5 Å². The third kappa shape index (κ3) is 2.08. The SMILES string of the molecule is O[B]c1cc(-c2ccccc2F)nc2ncccc12. The zero-order chi connectivity index (χ0) is 13.2. The smallest absolute Gasteiger partial charge is 0.327 e. The molecule has 0 fully saturated rings. The summed E-state index contributed by atoms with van der Waals surface area (Å²) in [6.45, 7) is 0. The average Bonchev–Trinajstić information content (AvgIpc) is 2.46. The molecule has 1 N–H and O–H groups in total. The van der Waals surface area contributed by atoms with E-state index in [0.717, 1.165) is 12.9 Å². The summed E-state index contributed by atoms with van der Waals surface area (Å²) in [5, 5.41) is 10.0. The van der Waals surface area contributed by atoms with Gasteiger partial charge in [-0.15, -0.1) is 0 Å². The molecular formula is C14H9BFN2O. The molecule has 3 rings (SSSR count). The fourth-order valence-electron chi connectivity index (χ4n) is 2.00. The van der Waals surface area contributed by atoms with E-state index in [1.54, 1.807) is 36.5 Å². The Balaban J connectivity index is 2.29. The van der Waals surface area contributed by atoms with E-state index in [4.69, 9.17) is 0 Å². The molecule has 5 heteroatoms. The van der Waals surface area contributed by atoms with Gasteiger partial charge in [0.2, 0.25) is 0 Å². The number of pyridine rings is 2. The number of nitrogens with zero attached hydrogens (tertiary/aromatic N) is 2. The number of hydrogen-bond donors (Lipinski definition) is 1. The first kappa shape index (κ1) is 11.8. The molecule has 0 aliphatic heterocycles.